The molecule has 2 aromatic carbocycles. The molecule has 2 aliphatic heterocycles. The minimum absolute atomic E-state index is 0.00328. The highest BCUT2D eigenvalue weighted by molar-refractivity contribution is 6.32. The Kier molecular flexibility index (Phi) is 6.04. The van der Waals surface area contributed by atoms with Crippen molar-refractivity contribution in [3.05, 3.63) is 69.9 Å². The van der Waals surface area contributed by atoms with Gasteiger partial charge in [-0.05, 0) is 66.8 Å². The van der Waals surface area contributed by atoms with Gasteiger partial charge < -0.3 is 20.3 Å². The summed E-state index contributed by atoms with van der Waals surface area (Å²) in [4.78, 5) is 21.1. The molecule has 0 bridgehead atoms. The zero-order valence-corrected chi connectivity index (χ0v) is 20.3. The lowest BCUT2D eigenvalue weighted by molar-refractivity contribution is -0.186. The van der Waals surface area contributed by atoms with Gasteiger partial charge in [-0.3, -0.25) is 4.79 Å². The predicted octanol–water partition coefficient (Wildman–Crippen LogP) is 5.83. The fraction of sp³-hybridized carbons (Fsp3) is 0.320. The molecular formula is C25H23ClF3N5O2. The van der Waals surface area contributed by atoms with Crippen LogP contribution in [0.4, 0.5) is 36.3 Å². The molecule has 0 atom stereocenters. The molecule has 0 saturated heterocycles. The van der Waals surface area contributed by atoms with Crippen molar-refractivity contribution in [1.82, 2.24) is 14.9 Å². The molecule has 0 radical (unpaired) electrons. The van der Waals surface area contributed by atoms with E-state index in [9.17, 15) is 18.0 Å². The monoisotopic (exact) mass is 517 g/mol. The van der Waals surface area contributed by atoms with E-state index in [0.29, 0.717) is 41.1 Å². The van der Waals surface area contributed by atoms with Crippen molar-refractivity contribution in [2.75, 3.05) is 17.2 Å². The molecule has 1 amide bonds. The van der Waals surface area contributed by atoms with Gasteiger partial charge in [-0.15, -0.1) is 0 Å². The van der Waals surface area contributed by atoms with Crippen LogP contribution in [0, 0.1) is 0 Å². The number of hydrogen-bond acceptors (Lipinski definition) is 6. The molecule has 11 heteroatoms. The van der Waals surface area contributed by atoms with Gasteiger partial charge in [-0.25, -0.2) is 4.98 Å². The molecule has 7 nitrogen and oxygen atoms in total. The molecule has 0 fully saturated rings. The highest BCUT2D eigenvalue weighted by Gasteiger charge is 2.43. The van der Waals surface area contributed by atoms with Gasteiger partial charge in [-0.1, -0.05) is 23.7 Å². The van der Waals surface area contributed by atoms with Crippen LogP contribution in [0.1, 0.15) is 36.1 Å². The topological polar surface area (TPSA) is 79.4 Å². The zero-order chi connectivity index (χ0) is 25.7. The van der Waals surface area contributed by atoms with Crippen LogP contribution in [-0.2, 0) is 34.7 Å². The number of carbonyl (C=O) groups is 1. The Labute approximate surface area is 210 Å². The number of ether oxygens (including phenoxy) is 1. The Morgan fingerprint density at radius 3 is 2.58 bits per heavy atom. The average molecular weight is 518 g/mol. The first-order valence-corrected chi connectivity index (χ1v) is 11.7. The van der Waals surface area contributed by atoms with Crippen LogP contribution in [0.2, 0.25) is 5.02 Å². The molecule has 0 spiro atoms. The molecule has 2 aliphatic rings. The second-order valence-electron chi connectivity index (χ2n) is 9.27. The maximum absolute atomic E-state index is 12.8. The summed E-state index contributed by atoms with van der Waals surface area (Å²) in [6.45, 7) is 4.52. The second kappa shape index (κ2) is 8.94. The Balaban J connectivity index is 1.30. The number of aromatic nitrogens is 2. The predicted molar refractivity (Wildman–Crippen MR) is 129 cm³/mol. The van der Waals surface area contributed by atoms with Gasteiger partial charge in [0.1, 0.15) is 5.02 Å². The molecule has 5 rings (SSSR count). The molecular weight excluding hydrogens is 495 g/mol. The largest absolute Gasteiger partial charge is 0.471 e. The highest BCUT2D eigenvalue weighted by Crippen LogP contribution is 2.38. The van der Waals surface area contributed by atoms with E-state index in [1.54, 1.807) is 12.1 Å². The molecule has 0 unspecified atom stereocenters. The first kappa shape index (κ1) is 24.3. The number of carbonyl (C=O) groups excluding carboxylic acids is 1. The first-order chi connectivity index (χ1) is 17.0. The van der Waals surface area contributed by atoms with Crippen molar-refractivity contribution in [2.24, 2.45) is 0 Å². The number of hydrogen-bond donors (Lipinski definition) is 2. The third-order valence-electron chi connectivity index (χ3n) is 6.35. The fourth-order valence-electron chi connectivity index (χ4n) is 4.48. The van der Waals surface area contributed by atoms with Gasteiger partial charge in [0, 0.05) is 24.5 Å². The Bertz CT molecular complexity index is 1350. The van der Waals surface area contributed by atoms with Crippen molar-refractivity contribution < 1.29 is 22.7 Å². The van der Waals surface area contributed by atoms with Crippen LogP contribution >= 0.6 is 11.6 Å². The van der Waals surface area contributed by atoms with Gasteiger partial charge in [0.25, 0.3) is 0 Å². The van der Waals surface area contributed by atoms with Crippen LogP contribution in [0.15, 0.2) is 42.6 Å². The summed E-state index contributed by atoms with van der Waals surface area (Å²) in [6.07, 6.45) is -3.07. The summed E-state index contributed by atoms with van der Waals surface area (Å²) in [7, 11) is 0. The number of rotatable bonds is 4. The molecule has 2 N–H and O–H groups in total. The van der Waals surface area contributed by atoms with E-state index in [4.69, 9.17) is 16.3 Å². The van der Waals surface area contributed by atoms with E-state index in [1.165, 1.54) is 6.20 Å². The van der Waals surface area contributed by atoms with E-state index in [2.05, 4.69) is 20.6 Å². The van der Waals surface area contributed by atoms with Gasteiger partial charge in [0.2, 0.25) is 5.95 Å². The molecule has 36 heavy (non-hydrogen) atoms. The lowest BCUT2D eigenvalue weighted by Gasteiger charge is -2.29. The van der Waals surface area contributed by atoms with Gasteiger partial charge in [0.15, 0.2) is 5.82 Å². The number of fused-ring (bicyclic) bond motifs is 2. The standard InChI is InChI=1S/C25H23ClF3N5O2/c1-24(2)19-6-5-17(10-16(19)13-36-24)31-21-20(26)11-30-23(33-21)32-18-4-3-15-12-34(8-7-14(15)9-18)22(35)25(27,28)29/h3-6,9-11H,7-8,12-13H2,1-2H3,(H2,30,31,32,33). The van der Waals surface area contributed by atoms with Crippen molar-refractivity contribution >= 4 is 40.6 Å². The van der Waals surface area contributed by atoms with E-state index in [-0.39, 0.29) is 18.7 Å². The Hall–Kier alpha value is -3.37. The lowest BCUT2D eigenvalue weighted by atomic mass is 9.96. The fourth-order valence-corrected chi connectivity index (χ4v) is 4.62. The Morgan fingerprint density at radius 2 is 1.81 bits per heavy atom. The number of benzene rings is 2. The first-order valence-electron chi connectivity index (χ1n) is 11.3. The van der Waals surface area contributed by atoms with E-state index < -0.39 is 12.1 Å². The third kappa shape index (κ3) is 4.83. The number of nitrogens with zero attached hydrogens (tertiary/aromatic N) is 3. The SMILES string of the molecule is CC1(C)OCc2cc(Nc3nc(Nc4ccc5c(c4)CCN(C(=O)C(F)(F)F)C5)ncc3Cl)ccc21. The van der Waals surface area contributed by atoms with Crippen molar-refractivity contribution in [2.45, 2.75) is 45.2 Å². The molecule has 0 aliphatic carbocycles. The number of halogens is 4. The normalized spacial score (nSPS) is 16.3. The van der Waals surface area contributed by atoms with Crippen LogP contribution in [0.5, 0.6) is 0 Å². The minimum Gasteiger partial charge on any atom is -0.366 e. The van der Waals surface area contributed by atoms with Crippen molar-refractivity contribution in [3.8, 4) is 0 Å². The molecule has 1 aromatic heterocycles. The van der Waals surface area contributed by atoms with Crippen LogP contribution in [-0.4, -0.2) is 33.5 Å². The van der Waals surface area contributed by atoms with Gasteiger partial charge >= 0.3 is 12.1 Å². The maximum atomic E-state index is 12.8. The number of nitrogens with one attached hydrogen (secondary N) is 2. The zero-order valence-electron chi connectivity index (χ0n) is 19.5. The highest BCUT2D eigenvalue weighted by atomic mass is 35.5. The maximum Gasteiger partial charge on any atom is 0.471 e. The number of anilines is 4. The summed E-state index contributed by atoms with van der Waals surface area (Å²) >= 11 is 6.33. The van der Waals surface area contributed by atoms with Crippen molar-refractivity contribution in [1.29, 1.82) is 0 Å². The summed E-state index contributed by atoms with van der Waals surface area (Å²) in [5, 5.41) is 6.69. The molecule has 188 valence electrons. The van der Waals surface area contributed by atoms with Gasteiger partial charge in [0.05, 0.1) is 18.4 Å². The van der Waals surface area contributed by atoms with Crippen LogP contribution in [0.25, 0.3) is 0 Å². The average Bonchev–Trinajstić information content (AvgIpc) is 3.13. The minimum atomic E-state index is -4.87. The van der Waals surface area contributed by atoms with Crippen LogP contribution < -0.4 is 10.6 Å². The second-order valence-corrected chi connectivity index (χ2v) is 9.68. The summed E-state index contributed by atoms with van der Waals surface area (Å²) in [6, 6.07) is 11.2. The summed E-state index contributed by atoms with van der Waals surface area (Å²) < 4.78 is 44.1. The summed E-state index contributed by atoms with van der Waals surface area (Å²) in [5.41, 5.74) is 4.94. The van der Waals surface area contributed by atoms with E-state index >= 15 is 0 Å². The van der Waals surface area contributed by atoms with E-state index in [0.717, 1.165) is 27.3 Å². The quantitative estimate of drug-likeness (QED) is 0.453. The smallest absolute Gasteiger partial charge is 0.366 e. The van der Waals surface area contributed by atoms with Gasteiger partial charge in [-0.2, -0.15) is 18.2 Å². The van der Waals surface area contributed by atoms with E-state index in [1.807, 2.05) is 38.1 Å². The molecule has 0 saturated carbocycles. The van der Waals surface area contributed by atoms with Crippen molar-refractivity contribution in [3.63, 3.8) is 0 Å². The number of alkyl halides is 3. The summed E-state index contributed by atoms with van der Waals surface area (Å²) in [5.74, 6) is -1.09. The number of amides is 1. The molecule has 3 heterocycles. The third-order valence-corrected chi connectivity index (χ3v) is 6.63. The lowest BCUT2D eigenvalue weighted by Crippen LogP contribution is -2.43. The Morgan fingerprint density at radius 1 is 1.08 bits per heavy atom. The molecule has 3 aromatic rings. The van der Waals surface area contributed by atoms with Crippen LogP contribution in [0.3, 0.4) is 0 Å².